The Balaban J connectivity index is 2.29. The second-order valence-corrected chi connectivity index (χ2v) is 9.30. The normalized spacial score (nSPS) is 14.6. The zero-order valence-electron chi connectivity index (χ0n) is 14.6. The number of hydrogen-bond donors (Lipinski definition) is 0. The van der Waals surface area contributed by atoms with Gasteiger partial charge in [-0.15, -0.1) is 11.8 Å². The van der Waals surface area contributed by atoms with Crippen LogP contribution < -0.4 is 0 Å². The summed E-state index contributed by atoms with van der Waals surface area (Å²) in [6, 6.07) is 6.17. The molecule has 1 aliphatic rings. The molecule has 0 atom stereocenters. The molecular weight excluding hydrogens is 397 g/mol. The van der Waals surface area contributed by atoms with Gasteiger partial charge in [0.1, 0.15) is 5.82 Å². The van der Waals surface area contributed by atoms with Gasteiger partial charge in [0.05, 0.1) is 10.5 Å². The first-order valence-electron chi connectivity index (χ1n) is 8.18. The minimum Gasteiger partial charge on any atom is -0.294 e. The number of rotatable bonds is 6. The predicted octanol–water partition coefficient (Wildman–Crippen LogP) is 5.15. The van der Waals surface area contributed by atoms with Crippen molar-refractivity contribution in [1.29, 1.82) is 0 Å². The summed E-state index contributed by atoms with van der Waals surface area (Å²) < 4.78 is 65.2. The minimum absolute atomic E-state index is 0.114. The summed E-state index contributed by atoms with van der Waals surface area (Å²) in [7, 11) is -3.86. The van der Waals surface area contributed by atoms with E-state index in [9.17, 15) is 26.4 Å². The van der Waals surface area contributed by atoms with E-state index < -0.39 is 32.5 Å². The van der Waals surface area contributed by atoms with Gasteiger partial charge in [0.2, 0.25) is 0 Å². The number of Topliss-reactive ketones (excluding diaryl/α,β-unsaturated/α-hetero) is 1. The molecular formula is C19H17F3O3S2. The van der Waals surface area contributed by atoms with Gasteiger partial charge in [-0.05, 0) is 48.9 Å². The highest BCUT2D eigenvalue weighted by atomic mass is 32.2. The van der Waals surface area contributed by atoms with Crippen LogP contribution in [-0.4, -0.2) is 26.7 Å². The number of halogens is 3. The third kappa shape index (κ3) is 3.91. The van der Waals surface area contributed by atoms with E-state index in [2.05, 4.69) is 0 Å². The van der Waals surface area contributed by atoms with Crippen LogP contribution in [0.15, 0.2) is 40.1 Å². The number of alkyl halides is 2. The second kappa shape index (κ2) is 7.31. The fourth-order valence-corrected chi connectivity index (χ4v) is 4.54. The van der Waals surface area contributed by atoms with Crippen molar-refractivity contribution in [2.45, 2.75) is 29.1 Å². The third-order valence-electron chi connectivity index (χ3n) is 4.46. The molecule has 0 aromatic heterocycles. The summed E-state index contributed by atoms with van der Waals surface area (Å²) in [6.45, 7) is 0. The summed E-state index contributed by atoms with van der Waals surface area (Å²) in [4.78, 5) is 12.7. The Kier molecular flexibility index (Phi) is 5.40. The monoisotopic (exact) mass is 414 g/mol. The maximum atomic E-state index is 14.5. The van der Waals surface area contributed by atoms with E-state index in [4.69, 9.17) is 0 Å². The number of carbonyl (C=O) groups excluding carboxylic acids is 1. The Morgan fingerprint density at radius 3 is 2.37 bits per heavy atom. The van der Waals surface area contributed by atoms with Crippen molar-refractivity contribution in [1.82, 2.24) is 0 Å². The number of carbonyl (C=O) groups is 1. The first-order chi connectivity index (χ1) is 12.6. The molecule has 0 N–H and O–H groups in total. The highest BCUT2D eigenvalue weighted by molar-refractivity contribution is 7.98. The molecule has 0 aliphatic heterocycles. The molecule has 0 amide bonds. The van der Waals surface area contributed by atoms with Gasteiger partial charge in [0.25, 0.3) is 6.43 Å². The molecule has 3 rings (SSSR count). The largest absolute Gasteiger partial charge is 0.294 e. The molecule has 1 aliphatic carbocycles. The van der Waals surface area contributed by atoms with Crippen molar-refractivity contribution in [2.24, 2.45) is 5.92 Å². The van der Waals surface area contributed by atoms with Crippen LogP contribution in [0.25, 0.3) is 11.1 Å². The topological polar surface area (TPSA) is 51.2 Å². The third-order valence-corrected chi connectivity index (χ3v) is 6.41. The van der Waals surface area contributed by atoms with Crippen molar-refractivity contribution >= 4 is 27.4 Å². The molecule has 0 radical (unpaired) electrons. The van der Waals surface area contributed by atoms with Gasteiger partial charge < -0.3 is 0 Å². The Morgan fingerprint density at radius 1 is 1.19 bits per heavy atom. The van der Waals surface area contributed by atoms with Gasteiger partial charge in [-0.3, -0.25) is 4.79 Å². The smallest absolute Gasteiger partial charge is 0.265 e. The molecule has 0 heterocycles. The Morgan fingerprint density at radius 2 is 1.85 bits per heavy atom. The molecule has 144 valence electrons. The van der Waals surface area contributed by atoms with E-state index in [-0.39, 0.29) is 28.4 Å². The van der Waals surface area contributed by atoms with Crippen LogP contribution in [0, 0.1) is 11.7 Å². The molecule has 0 spiro atoms. The second-order valence-electron chi connectivity index (χ2n) is 6.46. The number of benzene rings is 2. The lowest BCUT2D eigenvalue weighted by atomic mass is 9.93. The average Bonchev–Trinajstić information content (AvgIpc) is 3.44. The number of hydrogen-bond acceptors (Lipinski definition) is 4. The predicted molar refractivity (Wildman–Crippen MR) is 98.7 cm³/mol. The van der Waals surface area contributed by atoms with Crippen molar-refractivity contribution in [3.05, 3.63) is 47.3 Å². The molecule has 2 aromatic rings. The maximum absolute atomic E-state index is 14.5. The van der Waals surface area contributed by atoms with Crippen LogP contribution in [-0.2, 0) is 9.84 Å². The lowest BCUT2D eigenvalue weighted by Gasteiger charge is -2.16. The molecule has 1 fully saturated rings. The first-order valence-corrected chi connectivity index (χ1v) is 11.3. The van der Waals surface area contributed by atoms with Gasteiger partial charge >= 0.3 is 0 Å². The lowest BCUT2D eigenvalue weighted by molar-refractivity contribution is 0.0964. The fraction of sp³-hybridized carbons (Fsp3) is 0.316. The summed E-state index contributed by atoms with van der Waals surface area (Å²) in [6.07, 6.45) is 0.919. The fourth-order valence-electron chi connectivity index (χ4n) is 3.02. The maximum Gasteiger partial charge on any atom is 0.265 e. The van der Waals surface area contributed by atoms with Crippen LogP contribution in [0.2, 0.25) is 0 Å². The van der Waals surface area contributed by atoms with Crippen LogP contribution in [0.1, 0.15) is 35.2 Å². The Bertz CT molecular complexity index is 1010. The highest BCUT2D eigenvalue weighted by Gasteiger charge is 2.34. The van der Waals surface area contributed by atoms with Crippen molar-refractivity contribution in [3.63, 3.8) is 0 Å². The number of ketones is 1. The van der Waals surface area contributed by atoms with Crippen LogP contribution >= 0.6 is 11.8 Å². The molecule has 0 unspecified atom stereocenters. The quantitative estimate of drug-likeness (QED) is 0.485. The van der Waals surface area contributed by atoms with E-state index in [1.165, 1.54) is 30.0 Å². The van der Waals surface area contributed by atoms with Crippen LogP contribution in [0.5, 0.6) is 0 Å². The zero-order chi connectivity index (χ0) is 19.9. The van der Waals surface area contributed by atoms with Crippen molar-refractivity contribution in [3.8, 4) is 11.1 Å². The van der Waals surface area contributed by atoms with Gasteiger partial charge in [0.15, 0.2) is 15.6 Å². The van der Waals surface area contributed by atoms with Crippen molar-refractivity contribution < 1.29 is 26.4 Å². The molecule has 2 aromatic carbocycles. The average molecular weight is 414 g/mol. The van der Waals surface area contributed by atoms with E-state index in [0.717, 1.165) is 18.4 Å². The standard InChI is InChI=1S/C19H17F3O3S2/c1-26-14-7-6-13(20)17(18(23)10-3-4-10)16(14)11-5-8-15(27(2,24)25)12(9-11)19(21)22/h5-10,19H,3-4H2,1-2H3. The lowest BCUT2D eigenvalue weighted by Crippen LogP contribution is -2.09. The summed E-state index contributed by atoms with van der Waals surface area (Å²) >= 11 is 1.26. The molecule has 3 nitrogen and oxygen atoms in total. The summed E-state index contributed by atoms with van der Waals surface area (Å²) in [5.74, 6) is -1.30. The summed E-state index contributed by atoms with van der Waals surface area (Å²) in [5.41, 5.74) is -0.334. The van der Waals surface area contributed by atoms with Gasteiger partial charge in [-0.1, -0.05) is 6.07 Å². The molecule has 0 bridgehead atoms. The highest BCUT2D eigenvalue weighted by Crippen LogP contribution is 2.42. The zero-order valence-corrected chi connectivity index (χ0v) is 16.3. The SMILES string of the molecule is CSc1ccc(F)c(C(=O)C2CC2)c1-c1ccc(S(C)(=O)=O)c(C(F)F)c1. The van der Waals surface area contributed by atoms with Gasteiger partial charge in [-0.25, -0.2) is 21.6 Å². The van der Waals surface area contributed by atoms with Crippen molar-refractivity contribution in [2.75, 3.05) is 12.5 Å². The molecule has 1 saturated carbocycles. The van der Waals surface area contributed by atoms with E-state index in [0.29, 0.717) is 17.7 Å². The van der Waals surface area contributed by atoms with E-state index in [1.807, 2.05) is 0 Å². The van der Waals surface area contributed by atoms with Crippen LogP contribution in [0.4, 0.5) is 13.2 Å². The Labute approximate surface area is 159 Å². The number of thioether (sulfide) groups is 1. The minimum atomic E-state index is -3.86. The van der Waals surface area contributed by atoms with Crippen LogP contribution in [0.3, 0.4) is 0 Å². The Hall–Kier alpha value is -1.80. The van der Waals surface area contributed by atoms with Gasteiger partial charge in [0, 0.05) is 28.2 Å². The molecule has 27 heavy (non-hydrogen) atoms. The molecule has 0 saturated heterocycles. The molecule has 8 heteroatoms. The number of sulfone groups is 1. The summed E-state index contributed by atoms with van der Waals surface area (Å²) in [5, 5.41) is 0. The van der Waals surface area contributed by atoms with E-state index in [1.54, 1.807) is 6.26 Å². The van der Waals surface area contributed by atoms with E-state index >= 15 is 0 Å². The van der Waals surface area contributed by atoms with Gasteiger partial charge in [-0.2, -0.15) is 0 Å². The first kappa shape index (κ1) is 19.9.